The summed E-state index contributed by atoms with van der Waals surface area (Å²) in [6.45, 7) is 0. The molecule has 0 atom stereocenters. The van der Waals surface area contributed by atoms with Crippen molar-refractivity contribution in [1.82, 2.24) is 0 Å². The average molecular weight is 473 g/mol. The summed E-state index contributed by atoms with van der Waals surface area (Å²) in [7, 11) is 0. The summed E-state index contributed by atoms with van der Waals surface area (Å²) in [5.74, 6) is 0.374. The van der Waals surface area contributed by atoms with Crippen LogP contribution in [-0.2, 0) is 0 Å². The molecule has 0 spiro atoms. The molecule has 0 unspecified atom stereocenters. The van der Waals surface area contributed by atoms with E-state index in [0.717, 1.165) is 11.1 Å². The zero-order valence-electron chi connectivity index (χ0n) is 14.2. The van der Waals surface area contributed by atoms with Gasteiger partial charge in [-0.05, 0) is 48.5 Å². The van der Waals surface area contributed by atoms with Crippen molar-refractivity contribution in [1.29, 1.82) is 0 Å². The Morgan fingerprint density at radius 2 is 1.41 bits per heavy atom. The molecule has 11 heteroatoms. The third-order valence-corrected chi connectivity index (χ3v) is 4.71. The molecule has 3 rings (SSSR count). The fourth-order valence-electron chi connectivity index (χ4n) is 2.46. The van der Waals surface area contributed by atoms with Crippen LogP contribution in [0.1, 0.15) is 0 Å². The topological polar surface area (TPSA) is 85.0 Å². The smallest absolute Gasteiger partial charge is 0.296 e. The first kappa shape index (κ1) is 21.1. The lowest BCUT2D eigenvalue weighted by Gasteiger charge is -2.19. The Morgan fingerprint density at radius 3 is 2.03 bits per heavy atom. The summed E-state index contributed by atoms with van der Waals surface area (Å²) in [6.07, 6.45) is 0. The Hall–Kier alpha value is -2.58. The summed E-state index contributed by atoms with van der Waals surface area (Å²) in [5.41, 5.74) is -0.486. The predicted octanol–water partition coefficient (Wildman–Crippen LogP) is 7.82. The summed E-state index contributed by atoms with van der Waals surface area (Å²) in [5, 5.41) is 16.2. The van der Waals surface area contributed by atoms with Crippen molar-refractivity contribution in [3.05, 3.63) is 89.7 Å². The van der Waals surface area contributed by atoms with Crippen LogP contribution in [0, 0.1) is 15.0 Å². The molecule has 0 radical (unpaired) electrons. The molecule has 7 nitrogen and oxygen atoms in total. The van der Waals surface area contributed by atoms with Gasteiger partial charge in [0.15, 0.2) is 5.75 Å². The zero-order valence-corrected chi connectivity index (χ0v) is 17.2. The molecule has 0 aliphatic carbocycles. The number of nitro benzene ring substituents is 1. The van der Waals surface area contributed by atoms with Crippen molar-refractivity contribution in [3.63, 3.8) is 0 Å². The third kappa shape index (κ3) is 4.71. The van der Waals surface area contributed by atoms with E-state index in [2.05, 4.69) is 5.29 Å². The molecule has 148 valence electrons. The van der Waals surface area contributed by atoms with E-state index in [4.69, 9.17) is 51.1 Å². The van der Waals surface area contributed by atoms with Crippen molar-refractivity contribution < 1.29 is 9.66 Å². The van der Waals surface area contributed by atoms with Gasteiger partial charge < -0.3 is 4.74 Å². The second-order valence-electron chi connectivity index (χ2n) is 5.57. The second kappa shape index (κ2) is 8.84. The third-order valence-electron chi connectivity index (χ3n) is 3.71. The number of hydrogen-bond acceptors (Lipinski definition) is 5. The molecule has 0 aliphatic heterocycles. The fourth-order valence-corrected chi connectivity index (χ4v) is 3.24. The molecular formula is C18H9Cl4N3O4. The number of anilines is 2. The van der Waals surface area contributed by atoms with Crippen molar-refractivity contribution in [2.24, 2.45) is 5.29 Å². The molecule has 3 aromatic carbocycles. The van der Waals surface area contributed by atoms with E-state index in [1.807, 2.05) is 0 Å². The van der Waals surface area contributed by atoms with Gasteiger partial charge in [-0.25, -0.2) is 0 Å². The monoisotopic (exact) mass is 471 g/mol. The minimum Gasteiger partial charge on any atom is -0.454 e. The molecule has 0 heterocycles. The number of nitrogens with zero attached hydrogens (tertiary/aromatic N) is 3. The highest BCUT2D eigenvalue weighted by Gasteiger charge is 2.25. The SMILES string of the molecule is O=NN(c1cc(Cl)ccc1Oc1ccc(Cl)cc1Cl)c1ccc(Cl)cc1[N+](=O)[O-]. The number of nitro groups is 1. The van der Waals surface area contributed by atoms with Crippen LogP contribution >= 0.6 is 46.4 Å². The van der Waals surface area contributed by atoms with Crippen molar-refractivity contribution in [2.75, 3.05) is 5.01 Å². The van der Waals surface area contributed by atoms with Gasteiger partial charge in [0.25, 0.3) is 5.69 Å². The van der Waals surface area contributed by atoms with Crippen LogP contribution in [-0.4, -0.2) is 4.92 Å². The summed E-state index contributed by atoms with van der Waals surface area (Å²) in [6, 6.07) is 12.7. The number of benzene rings is 3. The highest BCUT2D eigenvalue weighted by molar-refractivity contribution is 6.35. The van der Waals surface area contributed by atoms with Crippen molar-refractivity contribution in [3.8, 4) is 11.5 Å². The van der Waals surface area contributed by atoms with E-state index in [9.17, 15) is 15.0 Å². The van der Waals surface area contributed by atoms with Gasteiger partial charge in [0, 0.05) is 21.1 Å². The van der Waals surface area contributed by atoms with Crippen LogP contribution in [0.4, 0.5) is 17.1 Å². The van der Waals surface area contributed by atoms with Gasteiger partial charge >= 0.3 is 0 Å². The van der Waals surface area contributed by atoms with Crippen LogP contribution in [0.3, 0.4) is 0 Å². The standard InChI is InChI=1S/C18H9Cl4N3O4/c19-10-2-5-17(13(22)7-10)29-18-6-3-12(21)9-16(18)24(23-26)14-4-1-11(20)8-15(14)25(27)28/h1-9H. The van der Waals surface area contributed by atoms with Crippen molar-refractivity contribution in [2.45, 2.75) is 0 Å². The Balaban J connectivity index is 2.13. The number of ether oxygens (including phenoxy) is 1. The first-order chi connectivity index (χ1) is 13.8. The van der Waals surface area contributed by atoms with E-state index in [-0.39, 0.29) is 37.9 Å². The van der Waals surface area contributed by atoms with Crippen LogP contribution in [0.25, 0.3) is 0 Å². The van der Waals surface area contributed by atoms with Gasteiger partial charge in [0.1, 0.15) is 17.1 Å². The van der Waals surface area contributed by atoms with E-state index >= 15 is 0 Å². The van der Waals surface area contributed by atoms with Gasteiger partial charge in [-0.1, -0.05) is 46.4 Å². The van der Waals surface area contributed by atoms with E-state index in [1.165, 1.54) is 42.5 Å². The second-order valence-corrected chi connectivity index (χ2v) is 7.29. The van der Waals surface area contributed by atoms with Gasteiger partial charge in [-0.3, -0.25) is 10.1 Å². The molecule has 0 bridgehead atoms. The highest BCUT2D eigenvalue weighted by Crippen LogP contribution is 2.43. The number of halogens is 4. The fraction of sp³-hybridized carbons (Fsp3) is 0. The van der Waals surface area contributed by atoms with E-state index < -0.39 is 10.6 Å². The van der Waals surface area contributed by atoms with Gasteiger partial charge in [0.2, 0.25) is 0 Å². The molecule has 0 saturated carbocycles. The van der Waals surface area contributed by atoms with Crippen molar-refractivity contribution >= 4 is 63.5 Å². The predicted molar refractivity (Wildman–Crippen MR) is 114 cm³/mol. The largest absolute Gasteiger partial charge is 0.454 e. The molecular weight excluding hydrogens is 464 g/mol. The van der Waals surface area contributed by atoms with Crippen LogP contribution in [0.15, 0.2) is 59.9 Å². The molecule has 29 heavy (non-hydrogen) atoms. The number of nitroso groups, excluding NO2 is 1. The van der Waals surface area contributed by atoms with E-state index in [0.29, 0.717) is 5.02 Å². The lowest BCUT2D eigenvalue weighted by atomic mass is 10.2. The first-order valence-electron chi connectivity index (χ1n) is 7.80. The average Bonchev–Trinajstić information content (AvgIpc) is 2.67. The summed E-state index contributed by atoms with van der Waals surface area (Å²) in [4.78, 5) is 22.4. The minimum atomic E-state index is -0.680. The van der Waals surface area contributed by atoms with Gasteiger partial charge in [-0.2, -0.15) is 5.01 Å². The van der Waals surface area contributed by atoms with Crippen LogP contribution < -0.4 is 9.75 Å². The maximum absolute atomic E-state index is 11.7. The molecule has 3 aromatic rings. The maximum atomic E-state index is 11.7. The van der Waals surface area contributed by atoms with Gasteiger partial charge in [-0.15, -0.1) is 4.91 Å². The highest BCUT2D eigenvalue weighted by atomic mass is 35.5. The zero-order chi connectivity index (χ0) is 21.1. The quantitative estimate of drug-likeness (QED) is 0.207. The number of hydrogen-bond donors (Lipinski definition) is 0. The Kier molecular flexibility index (Phi) is 6.44. The summed E-state index contributed by atoms with van der Waals surface area (Å²) >= 11 is 23.9. The first-order valence-corrected chi connectivity index (χ1v) is 9.31. The number of rotatable bonds is 6. The summed E-state index contributed by atoms with van der Waals surface area (Å²) < 4.78 is 5.79. The molecule has 0 aromatic heterocycles. The molecule has 0 saturated heterocycles. The minimum absolute atomic E-state index is 0.0592. The van der Waals surface area contributed by atoms with Crippen LogP contribution in [0.5, 0.6) is 11.5 Å². The molecule has 0 fully saturated rings. The Bertz CT molecular complexity index is 1110. The lowest BCUT2D eigenvalue weighted by molar-refractivity contribution is -0.384. The molecule has 0 amide bonds. The van der Waals surface area contributed by atoms with Crippen LogP contribution in [0.2, 0.25) is 20.1 Å². The lowest BCUT2D eigenvalue weighted by Crippen LogP contribution is -2.11. The molecule has 0 N–H and O–H groups in total. The Labute approximate surface area is 184 Å². The maximum Gasteiger partial charge on any atom is 0.296 e. The van der Waals surface area contributed by atoms with Gasteiger partial charge in [0.05, 0.1) is 15.2 Å². The Morgan fingerprint density at radius 1 is 0.828 bits per heavy atom. The van der Waals surface area contributed by atoms with E-state index in [1.54, 1.807) is 6.07 Å². The molecule has 0 aliphatic rings. The normalized spacial score (nSPS) is 10.5.